The molecule has 0 bridgehead atoms. The zero-order chi connectivity index (χ0) is 30.0. The summed E-state index contributed by atoms with van der Waals surface area (Å²) in [4.78, 5) is 42.3. The monoisotopic (exact) mass is 553 g/mol. The van der Waals surface area contributed by atoms with Gasteiger partial charge < -0.3 is 15.0 Å². The van der Waals surface area contributed by atoms with Crippen molar-refractivity contribution < 1.29 is 23.6 Å². The molecule has 3 amide bonds. The molecule has 0 saturated carbocycles. The van der Waals surface area contributed by atoms with Gasteiger partial charge in [0.25, 0.3) is 5.91 Å². The summed E-state index contributed by atoms with van der Waals surface area (Å²) < 4.78 is 12.1. The topological polar surface area (TPSA) is 167 Å². The van der Waals surface area contributed by atoms with Crippen LogP contribution in [0.4, 0.5) is 16.5 Å². The summed E-state index contributed by atoms with van der Waals surface area (Å²) in [7, 11) is 0. The molecule has 12 heteroatoms. The Kier molecular flexibility index (Phi) is 8.71. The molecule has 0 aliphatic rings. The molecule has 3 heterocycles. The number of hydrogen-bond donors (Lipinski definition) is 3. The lowest BCUT2D eigenvalue weighted by molar-refractivity contribution is -0.117. The van der Waals surface area contributed by atoms with Crippen molar-refractivity contribution >= 4 is 29.6 Å². The standard InChI is InChI=1S/C28H39N7O5/c1-15(2)35-24(32-26(38)39-28(7,8)9)21(23(29)36)22(33-35)17-10-11-19(30-14-17)16(3)25(37)31-20-12-18(34-40-20)13-27(4,5)6/h10-12,14-16H,13H2,1-9H3,(H2,29,36)(H,31,37)(H,32,38). The highest BCUT2D eigenvalue weighted by Crippen LogP contribution is 2.32. The number of nitrogens with zero attached hydrogens (tertiary/aromatic N) is 4. The molecular weight excluding hydrogens is 514 g/mol. The van der Waals surface area contributed by atoms with Crippen molar-refractivity contribution in [2.45, 2.75) is 86.3 Å². The van der Waals surface area contributed by atoms with Gasteiger partial charge in [-0.15, -0.1) is 0 Å². The summed E-state index contributed by atoms with van der Waals surface area (Å²) in [5.74, 6) is -1.31. The van der Waals surface area contributed by atoms with Gasteiger partial charge in [-0.05, 0) is 65.5 Å². The van der Waals surface area contributed by atoms with E-state index in [9.17, 15) is 14.4 Å². The second-order valence-electron chi connectivity index (χ2n) is 12.2. The minimum atomic E-state index is -0.775. The molecule has 0 saturated heterocycles. The van der Waals surface area contributed by atoms with Crippen LogP contribution in [0.3, 0.4) is 0 Å². The molecule has 0 fully saturated rings. The molecule has 3 aromatic heterocycles. The number of carbonyl (C=O) groups excluding carboxylic acids is 3. The van der Waals surface area contributed by atoms with Crippen molar-refractivity contribution in [3.63, 3.8) is 0 Å². The average Bonchev–Trinajstić information content (AvgIpc) is 3.40. The summed E-state index contributed by atoms with van der Waals surface area (Å²) in [6, 6.07) is 4.86. The Morgan fingerprint density at radius 1 is 1.07 bits per heavy atom. The van der Waals surface area contributed by atoms with Crippen LogP contribution in [0.25, 0.3) is 11.3 Å². The fourth-order valence-electron chi connectivity index (χ4n) is 3.93. The fraction of sp³-hybridized carbons (Fsp3) is 0.500. The van der Waals surface area contributed by atoms with Crippen LogP contribution in [-0.4, -0.2) is 43.4 Å². The number of primary amides is 1. The third kappa shape index (κ3) is 7.67. The largest absolute Gasteiger partial charge is 0.444 e. The maximum absolute atomic E-state index is 12.9. The first-order chi connectivity index (χ1) is 18.4. The van der Waals surface area contributed by atoms with E-state index in [0.717, 1.165) is 5.69 Å². The maximum Gasteiger partial charge on any atom is 0.413 e. The molecule has 1 atom stereocenters. The van der Waals surface area contributed by atoms with Gasteiger partial charge in [-0.25, -0.2) is 9.48 Å². The Labute approximate surface area is 234 Å². The Bertz CT molecular complexity index is 1380. The van der Waals surface area contributed by atoms with Gasteiger partial charge in [0, 0.05) is 23.9 Å². The van der Waals surface area contributed by atoms with E-state index in [2.05, 4.69) is 46.6 Å². The van der Waals surface area contributed by atoms with Crippen LogP contribution in [-0.2, 0) is 16.0 Å². The van der Waals surface area contributed by atoms with Crippen LogP contribution in [0.5, 0.6) is 0 Å². The lowest BCUT2D eigenvalue weighted by Gasteiger charge is -2.20. The first-order valence-corrected chi connectivity index (χ1v) is 13.1. The highest BCUT2D eigenvalue weighted by Gasteiger charge is 2.28. The number of nitrogens with one attached hydrogen (secondary N) is 2. The SMILES string of the molecule is CC(C(=O)Nc1cc(CC(C)(C)C)no1)c1ccc(-c2nn(C(C)C)c(NC(=O)OC(C)(C)C)c2C(N)=O)cn1. The van der Waals surface area contributed by atoms with Gasteiger partial charge in [0.05, 0.1) is 17.3 Å². The zero-order valence-corrected chi connectivity index (χ0v) is 24.6. The van der Waals surface area contributed by atoms with Crippen LogP contribution in [0.1, 0.15) is 96.0 Å². The Morgan fingerprint density at radius 3 is 2.27 bits per heavy atom. The number of amides is 3. The second kappa shape index (κ2) is 11.5. The van der Waals surface area contributed by atoms with E-state index in [1.54, 1.807) is 45.9 Å². The molecule has 1 unspecified atom stereocenters. The van der Waals surface area contributed by atoms with E-state index in [4.69, 9.17) is 15.0 Å². The second-order valence-corrected chi connectivity index (χ2v) is 12.2. The van der Waals surface area contributed by atoms with Gasteiger partial charge in [-0.1, -0.05) is 25.9 Å². The number of hydrogen-bond acceptors (Lipinski definition) is 8. The number of rotatable bonds is 8. The van der Waals surface area contributed by atoms with E-state index in [1.807, 2.05) is 13.8 Å². The summed E-state index contributed by atoms with van der Waals surface area (Å²) in [6.07, 6.45) is 1.47. The summed E-state index contributed by atoms with van der Waals surface area (Å²) in [5.41, 5.74) is 7.01. The predicted molar refractivity (Wildman–Crippen MR) is 151 cm³/mol. The van der Waals surface area contributed by atoms with Crippen molar-refractivity contribution in [2.75, 3.05) is 10.6 Å². The highest BCUT2D eigenvalue weighted by molar-refractivity contribution is 6.06. The van der Waals surface area contributed by atoms with Crippen molar-refractivity contribution in [1.82, 2.24) is 19.9 Å². The van der Waals surface area contributed by atoms with E-state index >= 15 is 0 Å². The first kappa shape index (κ1) is 30.3. The van der Waals surface area contributed by atoms with E-state index in [1.165, 1.54) is 10.9 Å². The molecule has 0 spiro atoms. The lowest BCUT2D eigenvalue weighted by atomic mass is 9.91. The van der Waals surface area contributed by atoms with Gasteiger partial charge in [0.2, 0.25) is 11.8 Å². The quantitative estimate of drug-likeness (QED) is 0.338. The van der Waals surface area contributed by atoms with E-state index < -0.39 is 23.5 Å². The van der Waals surface area contributed by atoms with Gasteiger partial charge in [0.1, 0.15) is 22.7 Å². The average molecular weight is 554 g/mol. The molecular formula is C28H39N7O5. The van der Waals surface area contributed by atoms with E-state index in [-0.39, 0.29) is 40.3 Å². The van der Waals surface area contributed by atoms with Crippen LogP contribution in [0, 0.1) is 5.41 Å². The smallest absolute Gasteiger partial charge is 0.413 e. The third-order valence-electron chi connectivity index (χ3n) is 5.68. The molecule has 0 aliphatic heterocycles. The number of ether oxygens (including phenoxy) is 1. The van der Waals surface area contributed by atoms with Crippen LogP contribution >= 0.6 is 0 Å². The molecule has 12 nitrogen and oxygen atoms in total. The van der Waals surface area contributed by atoms with Crippen molar-refractivity contribution in [3.8, 4) is 11.3 Å². The van der Waals surface area contributed by atoms with Crippen molar-refractivity contribution in [1.29, 1.82) is 0 Å². The van der Waals surface area contributed by atoms with Crippen LogP contribution in [0.15, 0.2) is 28.9 Å². The van der Waals surface area contributed by atoms with E-state index in [0.29, 0.717) is 17.7 Å². The maximum atomic E-state index is 12.9. The fourth-order valence-corrected chi connectivity index (χ4v) is 3.93. The Morgan fingerprint density at radius 2 is 1.75 bits per heavy atom. The van der Waals surface area contributed by atoms with Crippen molar-refractivity contribution in [3.05, 3.63) is 41.3 Å². The van der Waals surface area contributed by atoms with Gasteiger partial charge >= 0.3 is 6.09 Å². The minimum absolute atomic E-state index is 0.0243. The number of carbonyl (C=O) groups is 3. The minimum Gasteiger partial charge on any atom is -0.444 e. The van der Waals surface area contributed by atoms with Crippen LogP contribution in [0.2, 0.25) is 0 Å². The summed E-state index contributed by atoms with van der Waals surface area (Å²) in [6.45, 7) is 16.9. The number of aromatic nitrogens is 4. The molecule has 3 rings (SSSR count). The third-order valence-corrected chi connectivity index (χ3v) is 5.68. The van der Waals surface area contributed by atoms with Gasteiger partial charge in [-0.2, -0.15) is 5.10 Å². The predicted octanol–water partition coefficient (Wildman–Crippen LogP) is 5.29. The van der Waals surface area contributed by atoms with Crippen LogP contribution < -0.4 is 16.4 Å². The Hall–Kier alpha value is -4.22. The first-order valence-electron chi connectivity index (χ1n) is 13.1. The molecule has 3 aromatic rings. The molecule has 216 valence electrons. The molecule has 0 radical (unpaired) electrons. The lowest BCUT2D eigenvalue weighted by Crippen LogP contribution is -2.29. The number of anilines is 2. The molecule has 0 aromatic carbocycles. The van der Waals surface area contributed by atoms with Gasteiger partial charge in [-0.3, -0.25) is 25.2 Å². The summed E-state index contributed by atoms with van der Waals surface area (Å²) in [5, 5.41) is 13.9. The van der Waals surface area contributed by atoms with Gasteiger partial charge in [0.15, 0.2) is 0 Å². The Balaban J connectivity index is 1.84. The normalized spacial score (nSPS) is 12.8. The zero-order valence-electron chi connectivity index (χ0n) is 24.6. The van der Waals surface area contributed by atoms with Crippen molar-refractivity contribution in [2.24, 2.45) is 11.1 Å². The molecule has 40 heavy (non-hydrogen) atoms. The highest BCUT2D eigenvalue weighted by atomic mass is 16.6. The number of pyridine rings is 1. The summed E-state index contributed by atoms with van der Waals surface area (Å²) >= 11 is 0. The number of nitrogens with two attached hydrogens (primary N) is 1. The molecule has 4 N–H and O–H groups in total. The molecule has 0 aliphatic carbocycles.